The third kappa shape index (κ3) is 5.55. The van der Waals surface area contributed by atoms with Crippen molar-refractivity contribution in [2.24, 2.45) is 0 Å². The van der Waals surface area contributed by atoms with E-state index < -0.39 is 0 Å². The molecule has 0 bridgehead atoms. The number of rotatable bonds is 7. The zero-order chi connectivity index (χ0) is 22.3. The van der Waals surface area contributed by atoms with E-state index in [0.717, 1.165) is 37.1 Å². The molecule has 5 heteroatoms. The molecule has 1 aliphatic rings. The third-order valence-electron chi connectivity index (χ3n) is 5.63. The van der Waals surface area contributed by atoms with Crippen LogP contribution in [0.15, 0.2) is 72.8 Å². The van der Waals surface area contributed by atoms with Crippen LogP contribution in [-0.4, -0.2) is 29.8 Å². The van der Waals surface area contributed by atoms with Crippen LogP contribution in [0.1, 0.15) is 50.2 Å². The molecule has 1 N–H and O–H groups in total. The molecule has 1 aliphatic heterocycles. The zero-order valence-electron chi connectivity index (χ0n) is 18.3. The average Bonchev–Trinajstić information content (AvgIpc) is 3.36. The highest BCUT2D eigenvalue weighted by molar-refractivity contribution is 5.95. The number of likely N-dealkylation sites (tertiary alicyclic amines) is 1. The maximum Gasteiger partial charge on any atom is 0.253 e. The molecule has 0 radical (unpaired) electrons. The Labute approximate surface area is 189 Å². The molecule has 32 heavy (non-hydrogen) atoms. The van der Waals surface area contributed by atoms with E-state index in [-0.39, 0.29) is 11.8 Å². The molecule has 1 heterocycles. The van der Waals surface area contributed by atoms with E-state index >= 15 is 0 Å². The highest BCUT2D eigenvalue weighted by atomic mass is 16.5. The Bertz CT molecular complexity index is 1090. The Kier molecular flexibility index (Phi) is 6.85. The number of ether oxygens (including phenoxy) is 1. The van der Waals surface area contributed by atoms with E-state index in [4.69, 9.17) is 4.74 Å². The standard InChI is InChI=1S/C27H28N2O3/c1-20-6-4-7-22(16-20)19-32-25-9-5-8-24(17-25)26(30)28-18-21-10-12-23(13-11-21)27(31)29-14-2-3-15-29/h4-13,16-17H,2-3,14-15,18-19H2,1H3,(H,28,30). The zero-order valence-corrected chi connectivity index (χ0v) is 18.3. The molecule has 0 atom stereocenters. The van der Waals surface area contributed by atoms with E-state index in [1.54, 1.807) is 12.1 Å². The Morgan fingerprint density at radius 2 is 1.62 bits per heavy atom. The molecule has 5 nitrogen and oxygen atoms in total. The fourth-order valence-electron chi connectivity index (χ4n) is 3.85. The van der Waals surface area contributed by atoms with Gasteiger partial charge in [0.25, 0.3) is 11.8 Å². The molecule has 3 aromatic carbocycles. The summed E-state index contributed by atoms with van der Waals surface area (Å²) in [5.74, 6) is 0.577. The summed E-state index contributed by atoms with van der Waals surface area (Å²) in [6.45, 7) is 4.57. The first-order chi connectivity index (χ1) is 15.6. The van der Waals surface area contributed by atoms with Crippen LogP contribution < -0.4 is 10.1 Å². The number of carbonyl (C=O) groups is 2. The van der Waals surface area contributed by atoms with E-state index in [0.29, 0.717) is 30.0 Å². The number of hydrogen-bond acceptors (Lipinski definition) is 3. The molecule has 4 rings (SSSR count). The van der Waals surface area contributed by atoms with Gasteiger partial charge in [-0.3, -0.25) is 9.59 Å². The highest BCUT2D eigenvalue weighted by Crippen LogP contribution is 2.17. The van der Waals surface area contributed by atoms with Gasteiger partial charge in [-0.1, -0.05) is 48.0 Å². The van der Waals surface area contributed by atoms with Crippen molar-refractivity contribution in [3.8, 4) is 5.75 Å². The van der Waals surface area contributed by atoms with Crippen molar-refractivity contribution in [1.82, 2.24) is 10.2 Å². The van der Waals surface area contributed by atoms with Crippen LogP contribution in [0.25, 0.3) is 0 Å². The SMILES string of the molecule is Cc1cccc(COc2cccc(C(=O)NCc3ccc(C(=O)N4CCCC4)cc3)c2)c1. The molecule has 1 fully saturated rings. The van der Waals surface area contributed by atoms with Gasteiger partial charge in [0.05, 0.1) is 0 Å². The van der Waals surface area contributed by atoms with Crippen LogP contribution in [0.2, 0.25) is 0 Å². The van der Waals surface area contributed by atoms with Gasteiger partial charge in [0.1, 0.15) is 12.4 Å². The predicted molar refractivity (Wildman–Crippen MR) is 125 cm³/mol. The normalized spacial score (nSPS) is 13.1. The van der Waals surface area contributed by atoms with Gasteiger partial charge in [-0.15, -0.1) is 0 Å². The van der Waals surface area contributed by atoms with E-state index in [1.165, 1.54) is 5.56 Å². The number of nitrogens with one attached hydrogen (secondary N) is 1. The maximum atomic E-state index is 12.6. The molecule has 0 unspecified atom stereocenters. The summed E-state index contributed by atoms with van der Waals surface area (Å²) in [5, 5.41) is 2.94. The summed E-state index contributed by atoms with van der Waals surface area (Å²) in [6.07, 6.45) is 2.15. The van der Waals surface area contributed by atoms with Crippen molar-refractivity contribution in [2.45, 2.75) is 32.9 Å². The first-order valence-corrected chi connectivity index (χ1v) is 11.0. The summed E-state index contributed by atoms with van der Waals surface area (Å²) >= 11 is 0. The minimum absolute atomic E-state index is 0.0839. The largest absolute Gasteiger partial charge is 0.489 e. The predicted octanol–water partition coefficient (Wildman–Crippen LogP) is 4.74. The smallest absolute Gasteiger partial charge is 0.253 e. The number of hydrogen-bond donors (Lipinski definition) is 1. The minimum Gasteiger partial charge on any atom is -0.489 e. The van der Waals surface area contributed by atoms with Gasteiger partial charge in [-0.2, -0.15) is 0 Å². The Morgan fingerprint density at radius 3 is 2.38 bits per heavy atom. The van der Waals surface area contributed by atoms with Gasteiger partial charge in [0.15, 0.2) is 0 Å². The van der Waals surface area contributed by atoms with Crippen molar-refractivity contribution < 1.29 is 14.3 Å². The topological polar surface area (TPSA) is 58.6 Å². The van der Waals surface area contributed by atoms with Gasteiger partial charge in [-0.05, 0) is 61.2 Å². The lowest BCUT2D eigenvalue weighted by atomic mass is 10.1. The molecule has 0 aromatic heterocycles. The first-order valence-electron chi connectivity index (χ1n) is 11.0. The van der Waals surface area contributed by atoms with Crippen molar-refractivity contribution in [3.05, 3.63) is 101 Å². The number of aryl methyl sites for hydroxylation is 1. The van der Waals surface area contributed by atoms with Gasteiger partial charge in [0.2, 0.25) is 0 Å². The molecular formula is C27H28N2O3. The molecule has 1 saturated heterocycles. The Balaban J connectivity index is 1.31. The first kappa shape index (κ1) is 21.6. The van der Waals surface area contributed by atoms with Crippen LogP contribution in [0.5, 0.6) is 5.75 Å². The molecule has 3 aromatic rings. The second-order valence-electron chi connectivity index (χ2n) is 8.18. The monoisotopic (exact) mass is 428 g/mol. The van der Waals surface area contributed by atoms with Crippen molar-refractivity contribution >= 4 is 11.8 Å². The molecule has 0 spiro atoms. The lowest BCUT2D eigenvalue weighted by Gasteiger charge is -2.15. The molecule has 0 aliphatic carbocycles. The lowest BCUT2D eigenvalue weighted by Crippen LogP contribution is -2.27. The summed E-state index contributed by atoms with van der Waals surface area (Å²) in [6, 6.07) is 22.8. The number of amides is 2. The highest BCUT2D eigenvalue weighted by Gasteiger charge is 2.19. The fourth-order valence-corrected chi connectivity index (χ4v) is 3.85. The minimum atomic E-state index is -0.164. The summed E-state index contributed by atoms with van der Waals surface area (Å²) in [5.41, 5.74) is 4.47. The second-order valence-corrected chi connectivity index (χ2v) is 8.18. The van der Waals surface area contributed by atoms with Crippen LogP contribution in [0.4, 0.5) is 0 Å². The number of nitrogens with zero attached hydrogens (tertiary/aromatic N) is 1. The number of carbonyl (C=O) groups excluding carboxylic acids is 2. The van der Waals surface area contributed by atoms with Crippen LogP contribution in [0.3, 0.4) is 0 Å². The summed E-state index contributed by atoms with van der Waals surface area (Å²) in [4.78, 5) is 27.0. The molecule has 2 amide bonds. The summed E-state index contributed by atoms with van der Waals surface area (Å²) in [7, 11) is 0. The Morgan fingerprint density at radius 1 is 0.875 bits per heavy atom. The van der Waals surface area contributed by atoms with Gasteiger partial charge in [0, 0.05) is 30.8 Å². The van der Waals surface area contributed by atoms with Crippen LogP contribution in [-0.2, 0) is 13.2 Å². The van der Waals surface area contributed by atoms with E-state index in [9.17, 15) is 9.59 Å². The van der Waals surface area contributed by atoms with Gasteiger partial charge in [-0.25, -0.2) is 0 Å². The molecular weight excluding hydrogens is 400 g/mol. The van der Waals surface area contributed by atoms with Crippen molar-refractivity contribution in [3.63, 3.8) is 0 Å². The summed E-state index contributed by atoms with van der Waals surface area (Å²) < 4.78 is 5.86. The molecule has 0 saturated carbocycles. The maximum absolute atomic E-state index is 12.6. The Hall–Kier alpha value is -3.60. The molecule has 164 valence electrons. The van der Waals surface area contributed by atoms with E-state index in [1.807, 2.05) is 66.4 Å². The van der Waals surface area contributed by atoms with Crippen molar-refractivity contribution in [1.29, 1.82) is 0 Å². The number of benzene rings is 3. The van der Waals surface area contributed by atoms with Crippen molar-refractivity contribution in [2.75, 3.05) is 13.1 Å². The third-order valence-corrected chi connectivity index (χ3v) is 5.63. The van der Waals surface area contributed by atoms with E-state index in [2.05, 4.69) is 11.4 Å². The average molecular weight is 429 g/mol. The lowest BCUT2D eigenvalue weighted by molar-refractivity contribution is 0.0792. The van der Waals surface area contributed by atoms with Crippen LogP contribution >= 0.6 is 0 Å². The quantitative estimate of drug-likeness (QED) is 0.591. The van der Waals surface area contributed by atoms with Gasteiger partial charge < -0.3 is 15.0 Å². The van der Waals surface area contributed by atoms with Crippen LogP contribution in [0, 0.1) is 6.92 Å². The van der Waals surface area contributed by atoms with Gasteiger partial charge >= 0.3 is 0 Å². The second kappa shape index (κ2) is 10.1. The fraction of sp³-hybridized carbons (Fsp3) is 0.259.